The van der Waals surface area contributed by atoms with Crippen molar-refractivity contribution >= 4 is 34.3 Å². The third kappa shape index (κ3) is 4.00. The Morgan fingerprint density at radius 2 is 1.80 bits per heavy atom. The number of hydrogen-bond acceptors (Lipinski definition) is 4. The summed E-state index contributed by atoms with van der Waals surface area (Å²) in [5, 5.41) is 6.75. The van der Waals surface area contributed by atoms with Crippen LogP contribution in [0.25, 0.3) is 11.0 Å². The number of imidazole rings is 1. The fourth-order valence-electron chi connectivity index (χ4n) is 2.64. The minimum atomic E-state index is 0.507. The van der Waals surface area contributed by atoms with E-state index in [1.54, 1.807) is 14.2 Å². The van der Waals surface area contributed by atoms with Gasteiger partial charge in [0.15, 0.2) is 5.11 Å². The lowest BCUT2D eigenvalue weighted by Crippen LogP contribution is -2.30. The molecule has 7 heteroatoms. The van der Waals surface area contributed by atoms with Gasteiger partial charge in [0, 0.05) is 12.1 Å². The highest BCUT2D eigenvalue weighted by molar-refractivity contribution is 7.80. The van der Waals surface area contributed by atoms with Gasteiger partial charge in [-0.15, -0.1) is 0 Å². The molecule has 0 bridgehead atoms. The molecule has 0 amide bonds. The molecule has 2 aromatic carbocycles. The molecule has 0 fully saturated rings. The maximum atomic E-state index is 5.40. The number of fused-ring (bicyclic) bond motifs is 1. The van der Waals surface area contributed by atoms with Crippen molar-refractivity contribution in [2.75, 3.05) is 26.1 Å². The number of aromatic amines is 1. The van der Waals surface area contributed by atoms with E-state index in [-0.39, 0.29) is 0 Å². The number of benzene rings is 2. The Morgan fingerprint density at radius 1 is 1.08 bits per heavy atom. The lowest BCUT2D eigenvalue weighted by Gasteiger charge is -2.14. The van der Waals surface area contributed by atoms with Gasteiger partial charge in [0.2, 0.25) is 5.95 Å². The van der Waals surface area contributed by atoms with Gasteiger partial charge in [-0.25, -0.2) is 4.98 Å². The smallest absolute Gasteiger partial charge is 0.207 e. The minimum Gasteiger partial charge on any atom is -0.496 e. The molecule has 0 saturated carbocycles. The van der Waals surface area contributed by atoms with Crippen molar-refractivity contribution in [3.63, 3.8) is 0 Å². The normalized spacial score (nSPS) is 10.5. The number of nitrogens with zero attached hydrogens (tertiary/aromatic N) is 1. The van der Waals surface area contributed by atoms with E-state index in [2.05, 4.69) is 20.6 Å². The summed E-state index contributed by atoms with van der Waals surface area (Å²) >= 11 is 5.33. The van der Waals surface area contributed by atoms with Crippen LogP contribution in [0.5, 0.6) is 11.5 Å². The summed E-state index contributed by atoms with van der Waals surface area (Å²) in [6.07, 6.45) is 0.717. The van der Waals surface area contributed by atoms with Crippen LogP contribution in [0.1, 0.15) is 5.56 Å². The Balaban J connectivity index is 1.58. The second-order valence-electron chi connectivity index (χ2n) is 5.37. The Kier molecular flexibility index (Phi) is 5.35. The molecule has 1 aromatic heterocycles. The van der Waals surface area contributed by atoms with Crippen molar-refractivity contribution in [3.05, 3.63) is 48.0 Å². The van der Waals surface area contributed by atoms with Crippen LogP contribution in [0.15, 0.2) is 42.5 Å². The highest BCUT2D eigenvalue weighted by Crippen LogP contribution is 2.28. The van der Waals surface area contributed by atoms with E-state index in [9.17, 15) is 0 Å². The molecule has 0 radical (unpaired) electrons. The second kappa shape index (κ2) is 7.85. The number of ether oxygens (including phenoxy) is 2. The van der Waals surface area contributed by atoms with Crippen molar-refractivity contribution in [1.82, 2.24) is 15.3 Å². The Hall–Kier alpha value is -2.80. The van der Waals surface area contributed by atoms with Gasteiger partial charge in [-0.3, -0.25) is 0 Å². The quantitative estimate of drug-likeness (QED) is 0.590. The predicted molar refractivity (Wildman–Crippen MR) is 104 cm³/mol. The minimum absolute atomic E-state index is 0.507. The molecular formula is C18H20N4O2S. The van der Waals surface area contributed by atoms with Crippen LogP contribution in [0, 0.1) is 0 Å². The maximum Gasteiger partial charge on any atom is 0.207 e. The van der Waals surface area contributed by atoms with Crippen molar-refractivity contribution in [2.24, 2.45) is 0 Å². The van der Waals surface area contributed by atoms with Crippen molar-refractivity contribution in [3.8, 4) is 11.5 Å². The van der Waals surface area contributed by atoms with Gasteiger partial charge in [0.1, 0.15) is 11.5 Å². The first kappa shape index (κ1) is 17.0. The summed E-state index contributed by atoms with van der Waals surface area (Å²) in [6, 6.07) is 13.6. The largest absolute Gasteiger partial charge is 0.496 e. The lowest BCUT2D eigenvalue weighted by atomic mass is 10.1. The first-order valence-electron chi connectivity index (χ1n) is 7.90. The topological polar surface area (TPSA) is 71.2 Å². The monoisotopic (exact) mass is 356 g/mol. The van der Waals surface area contributed by atoms with Crippen molar-refractivity contribution in [1.29, 1.82) is 0 Å². The second-order valence-corrected chi connectivity index (χ2v) is 5.78. The molecular weight excluding hydrogens is 336 g/mol. The summed E-state index contributed by atoms with van der Waals surface area (Å²) in [5.74, 6) is 2.23. The first-order valence-corrected chi connectivity index (χ1v) is 8.31. The molecule has 1 heterocycles. The number of hydrogen-bond donors (Lipinski definition) is 3. The molecule has 0 aliphatic rings. The lowest BCUT2D eigenvalue weighted by molar-refractivity contribution is 0.385. The molecule has 25 heavy (non-hydrogen) atoms. The van der Waals surface area contributed by atoms with Gasteiger partial charge >= 0.3 is 0 Å². The zero-order valence-corrected chi connectivity index (χ0v) is 14.9. The summed E-state index contributed by atoms with van der Waals surface area (Å²) < 4.78 is 10.8. The van der Waals surface area contributed by atoms with Crippen LogP contribution in [-0.2, 0) is 6.42 Å². The molecule has 3 rings (SSSR count). The van der Waals surface area contributed by atoms with Gasteiger partial charge in [0.05, 0.1) is 25.3 Å². The van der Waals surface area contributed by atoms with Crippen LogP contribution in [0.2, 0.25) is 0 Å². The Morgan fingerprint density at radius 3 is 2.48 bits per heavy atom. The summed E-state index contributed by atoms with van der Waals surface area (Å²) in [6.45, 7) is 0.642. The molecule has 130 valence electrons. The third-order valence-electron chi connectivity index (χ3n) is 3.81. The number of aromatic nitrogens is 2. The van der Waals surface area contributed by atoms with Crippen LogP contribution >= 0.6 is 12.2 Å². The van der Waals surface area contributed by atoms with Crippen LogP contribution in [0.3, 0.4) is 0 Å². The van der Waals surface area contributed by atoms with Gasteiger partial charge in [-0.05, 0) is 42.9 Å². The summed E-state index contributed by atoms with van der Waals surface area (Å²) in [7, 11) is 3.30. The Labute approximate surface area is 151 Å². The fourth-order valence-corrected chi connectivity index (χ4v) is 2.84. The average Bonchev–Trinajstić information content (AvgIpc) is 3.03. The summed E-state index contributed by atoms with van der Waals surface area (Å²) in [5.41, 5.74) is 2.87. The van der Waals surface area contributed by atoms with Gasteiger partial charge in [-0.2, -0.15) is 0 Å². The number of anilines is 1. The molecule has 3 N–H and O–H groups in total. The van der Waals surface area contributed by atoms with E-state index in [4.69, 9.17) is 21.7 Å². The van der Waals surface area contributed by atoms with E-state index < -0.39 is 0 Å². The van der Waals surface area contributed by atoms with Crippen molar-refractivity contribution in [2.45, 2.75) is 6.42 Å². The molecule has 0 spiro atoms. The summed E-state index contributed by atoms with van der Waals surface area (Å²) in [4.78, 5) is 7.62. The van der Waals surface area contributed by atoms with Gasteiger partial charge < -0.3 is 25.1 Å². The maximum absolute atomic E-state index is 5.40. The number of rotatable bonds is 6. The highest BCUT2D eigenvalue weighted by Gasteiger charge is 2.10. The van der Waals surface area contributed by atoms with Crippen molar-refractivity contribution < 1.29 is 9.47 Å². The number of methoxy groups -OCH3 is 2. The highest BCUT2D eigenvalue weighted by atomic mass is 32.1. The number of H-pyrrole nitrogens is 1. The third-order valence-corrected chi connectivity index (χ3v) is 4.06. The van der Waals surface area contributed by atoms with Gasteiger partial charge in [-0.1, -0.05) is 18.2 Å². The standard InChI is InChI=1S/C18H20N4O2S/c1-23-15-8-5-9-16(24-2)12(15)10-11-19-18(25)22-17-20-13-6-3-4-7-14(13)21-17/h3-9H,10-11H2,1-2H3,(H3,19,20,21,22,25). The predicted octanol–water partition coefficient (Wildman–Crippen LogP) is 3.11. The van der Waals surface area contributed by atoms with Crippen LogP contribution in [0.4, 0.5) is 5.95 Å². The van der Waals surface area contributed by atoms with Crippen LogP contribution < -0.4 is 20.1 Å². The molecule has 0 aliphatic carbocycles. The van der Waals surface area contributed by atoms with Gasteiger partial charge in [0.25, 0.3) is 0 Å². The van der Waals surface area contributed by atoms with E-state index in [0.29, 0.717) is 17.6 Å². The molecule has 0 atom stereocenters. The molecule has 6 nitrogen and oxygen atoms in total. The number of nitrogens with one attached hydrogen (secondary N) is 3. The number of para-hydroxylation sites is 2. The van der Waals surface area contributed by atoms with E-state index in [0.717, 1.165) is 34.5 Å². The SMILES string of the molecule is COc1cccc(OC)c1CCNC(=S)Nc1nc2ccccc2[nH]1. The molecule has 3 aromatic rings. The van der Waals surface area contributed by atoms with Crippen LogP contribution in [-0.4, -0.2) is 35.8 Å². The van der Waals surface area contributed by atoms with E-state index >= 15 is 0 Å². The molecule has 0 aliphatic heterocycles. The molecule has 0 unspecified atom stereocenters. The zero-order chi connectivity index (χ0) is 17.6. The van der Waals surface area contributed by atoms with E-state index in [1.807, 2.05) is 42.5 Å². The van der Waals surface area contributed by atoms with E-state index in [1.165, 1.54) is 0 Å². The fraction of sp³-hybridized carbons (Fsp3) is 0.222. The average molecular weight is 356 g/mol. The zero-order valence-electron chi connectivity index (χ0n) is 14.1. The first-order chi connectivity index (χ1) is 12.2. The number of thiocarbonyl (C=S) groups is 1. The molecule has 0 saturated heterocycles. The Bertz CT molecular complexity index is 823.